The summed E-state index contributed by atoms with van der Waals surface area (Å²) >= 11 is 0. The summed E-state index contributed by atoms with van der Waals surface area (Å²) in [6, 6.07) is 0. The molecule has 2 saturated carbocycles. The minimum Gasteiger partial charge on any atom is -0.461 e. The van der Waals surface area contributed by atoms with Crippen LogP contribution in [0, 0.1) is 23.2 Å². The molecule has 0 radical (unpaired) electrons. The highest BCUT2D eigenvalue weighted by Gasteiger charge is 2.50. The van der Waals surface area contributed by atoms with E-state index in [2.05, 4.69) is 0 Å². The molecule has 0 saturated heterocycles. The molecule has 2 bridgehead atoms. The van der Waals surface area contributed by atoms with Gasteiger partial charge < -0.3 is 4.74 Å². The van der Waals surface area contributed by atoms with Crippen molar-refractivity contribution >= 4 is 16.0 Å². The third kappa shape index (κ3) is 4.04. The van der Waals surface area contributed by atoms with Gasteiger partial charge in [0.1, 0.15) is 6.10 Å². The van der Waals surface area contributed by atoms with Crippen molar-refractivity contribution in [3.8, 4) is 0 Å². The van der Waals surface area contributed by atoms with E-state index in [9.17, 15) is 26.4 Å². The summed E-state index contributed by atoms with van der Waals surface area (Å²) in [6.45, 7) is 4.76. The molecule has 24 heavy (non-hydrogen) atoms. The number of hydrogen-bond donors (Lipinski definition) is 1. The quantitative estimate of drug-likeness (QED) is 0.772. The maximum atomic E-state index is 12.5. The Morgan fingerprint density at radius 2 is 1.75 bits per heavy atom. The van der Waals surface area contributed by atoms with Gasteiger partial charge in [0.05, 0.1) is 5.41 Å². The van der Waals surface area contributed by atoms with Crippen LogP contribution in [0.25, 0.3) is 0 Å². The minimum absolute atomic E-state index is 0.0810. The summed E-state index contributed by atoms with van der Waals surface area (Å²) in [4.78, 5) is 12.2. The number of carbonyl (C=O) groups excluding carboxylic acids is 1. The Bertz CT molecular complexity index is 583. The third-order valence-corrected chi connectivity index (χ3v) is 6.07. The van der Waals surface area contributed by atoms with Crippen molar-refractivity contribution in [2.75, 3.05) is 6.54 Å². The van der Waals surface area contributed by atoms with Crippen LogP contribution >= 0.6 is 0 Å². The number of alkyl halides is 3. The average Bonchev–Trinajstić information content (AvgIpc) is 2.65. The lowest BCUT2D eigenvalue weighted by Gasteiger charge is -2.28. The number of ether oxygens (including phenoxy) is 1. The number of fused-ring (bicyclic) bond motifs is 2. The fraction of sp³-hybridized carbons (Fsp3) is 0.933. The molecule has 0 aliphatic heterocycles. The Balaban J connectivity index is 2.12. The molecular weight excluding hydrogens is 347 g/mol. The topological polar surface area (TPSA) is 72.5 Å². The maximum absolute atomic E-state index is 12.5. The first-order chi connectivity index (χ1) is 10.8. The zero-order valence-electron chi connectivity index (χ0n) is 14.0. The van der Waals surface area contributed by atoms with Crippen molar-refractivity contribution in [3.05, 3.63) is 0 Å². The van der Waals surface area contributed by atoms with Gasteiger partial charge in [-0.15, -0.1) is 0 Å². The van der Waals surface area contributed by atoms with Gasteiger partial charge in [-0.3, -0.25) is 4.79 Å². The molecule has 1 N–H and O–H groups in total. The summed E-state index contributed by atoms with van der Waals surface area (Å²) in [7, 11) is -5.38. The molecule has 2 rings (SSSR count). The monoisotopic (exact) mass is 371 g/mol. The second kappa shape index (κ2) is 6.48. The van der Waals surface area contributed by atoms with E-state index >= 15 is 0 Å². The molecular formula is C15H24F3NO4S. The van der Waals surface area contributed by atoms with Crippen molar-refractivity contribution in [1.82, 2.24) is 4.72 Å². The summed E-state index contributed by atoms with van der Waals surface area (Å²) < 4.78 is 67.2. The number of sulfonamides is 1. The molecule has 4 unspecified atom stereocenters. The summed E-state index contributed by atoms with van der Waals surface area (Å²) in [5.74, 6) is -0.655. The van der Waals surface area contributed by atoms with Crippen LogP contribution < -0.4 is 4.72 Å². The molecule has 2 fully saturated rings. The first kappa shape index (κ1) is 19.5. The lowest BCUT2D eigenvalue weighted by Crippen LogP contribution is -2.43. The van der Waals surface area contributed by atoms with Crippen LogP contribution in [0.5, 0.6) is 0 Å². The van der Waals surface area contributed by atoms with E-state index in [1.165, 1.54) is 0 Å². The number of rotatable bonds is 4. The zero-order valence-corrected chi connectivity index (χ0v) is 14.8. The van der Waals surface area contributed by atoms with Crippen LogP contribution in [0.3, 0.4) is 0 Å². The highest BCUT2D eigenvalue weighted by atomic mass is 32.2. The molecule has 2 aliphatic rings. The van der Waals surface area contributed by atoms with E-state index in [0.717, 1.165) is 25.7 Å². The van der Waals surface area contributed by atoms with E-state index in [1.54, 1.807) is 25.5 Å². The number of hydrogen-bond acceptors (Lipinski definition) is 4. The third-order valence-electron chi connectivity index (χ3n) is 4.92. The molecule has 9 heteroatoms. The summed E-state index contributed by atoms with van der Waals surface area (Å²) in [6.07, 6.45) is 2.82. The molecule has 0 aromatic carbocycles. The van der Waals surface area contributed by atoms with Gasteiger partial charge in [0.15, 0.2) is 0 Å². The van der Waals surface area contributed by atoms with Crippen LogP contribution in [-0.4, -0.2) is 32.5 Å². The van der Waals surface area contributed by atoms with Gasteiger partial charge in [-0.1, -0.05) is 6.42 Å². The van der Waals surface area contributed by atoms with E-state index in [1.807, 2.05) is 0 Å². The summed E-state index contributed by atoms with van der Waals surface area (Å²) in [5, 5.41) is 0. The predicted molar refractivity (Wildman–Crippen MR) is 81.3 cm³/mol. The van der Waals surface area contributed by atoms with Gasteiger partial charge in [0.25, 0.3) is 0 Å². The molecule has 0 amide bonds. The van der Waals surface area contributed by atoms with Gasteiger partial charge >= 0.3 is 21.5 Å². The molecule has 2 aliphatic carbocycles. The summed E-state index contributed by atoms with van der Waals surface area (Å²) in [5.41, 5.74) is -6.05. The van der Waals surface area contributed by atoms with Gasteiger partial charge in [-0.25, -0.2) is 13.1 Å². The smallest absolute Gasteiger partial charge is 0.461 e. The highest BCUT2D eigenvalue weighted by molar-refractivity contribution is 7.90. The van der Waals surface area contributed by atoms with Crippen LogP contribution in [0.15, 0.2) is 0 Å². The van der Waals surface area contributed by atoms with Crippen LogP contribution in [-0.2, 0) is 19.6 Å². The van der Waals surface area contributed by atoms with E-state index in [4.69, 9.17) is 4.74 Å². The predicted octanol–water partition coefficient (Wildman–Crippen LogP) is 2.82. The SMILES string of the molecule is CC(C)(C)C(=O)OC1C2CCCC(C2)C1CNS(=O)(=O)C(F)(F)F. The van der Waals surface area contributed by atoms with Gasteiger partial charge in [0, 0.05) is 12.5 Å². The lowest BCUT2D eigenvalue weighted by atomic mass is 9.87. The van der Waals surface area contributed by atoms with E-state index in [-0.39, 0.29) is 18.4 Å². The molecule has 0 spiro atoms. The number of halogens is 3. The Morgan fingerprint density at radius 3 is 2.29 bits per heavy atom. The fourth-order valence-corrected chi connectivity index (χ4v) is 4.20. The molecule has 4 atom stereocenters. The second-order valence-electron chi connectivity index (χ2n) is 7.77. The normalized spacial score (nSPS) is 31.1. The number of nitrogens with one attached hydrogen (secondary N) is 1. The Kier molecular flexibility index (Phi) is 5.26. The van der Waals surface area contributed by atoms with Crippen molar-refractivity contribution < 1.29 is 31.1 Å². The second-order valence-corrected chi connectivity index (χ2v) is 9.53. The minimum atomic E-state index is -5.38. The van der Waals surface area contributed by atoms with Gasteiger partial charge in [-0.05, 0) is 51.9 Å². The lowest BCUT2D eigenvalue weighted by molar-refractivity contribution is -0.162. The number of carbonyl (C=O) groups is 1. The van der Waals surface area contributed by atoms with Crippen LogP contribution in [0.2, 0.25) is 0 Å². The Morgan fingerprint density at radius 1 is 1.17 bits per heavy atom. The van der Waals surface area contributed by atoms with Crippen molar-refractivity contribution in [3.63, 3.8) is 0 Å². The fourth-order valence-electron chi connectivity index (χ4n) is 3.63. The molecule has 140 valence electrons. The van der Waals surface area contributed by atoms with Crippen molar-refractivity contribution in [1.29, 1.82) is 0 Å². The van der Waals surface area contributed by atoms with Crippen molar-refractivity contribution in [2.24, 2.45) is 23.2 Å². The molecule has 0 aromatic heterocycles. The van der Waals surface area contributed by atoms with E-state index in [0.29, 0.717) is 0 Å². The van der Waals surface area contributed by atoms with Gasteiger partial charge in [0.2, 0.25) is 0 Å². The molecule has 5 nitrogen and oxygen atoms in total. The maximum Gasteiger partial charge on any atom is 0.511 e. The average molecular weight is 371 g/mol. The zero-order chi connectivity index (χ0) is 18.3. The Labute approximate surface area is 140 Å². The first-order valence-electron chi connectivity index (χ1n) is 8.10. The van der Waals surface area contributed by atoms with Gasteiger partial charge in [-0.2, -0.15) is 13.2 Å². The van der Waals surface area contributed by atoms with Crippen LogP contribution in [0.1, 0.15) is 46.5 Å². The number of esters is 1. The van der Waals surface area contributed by atoms with Crippen molar-refractivity contribution in [2.45, 2.75) is 58.1 Å². The van der Waals surface area contributed by atoms with E-state index < -0.39 is 38.9 Å². The molecule has 0 aromatic rings. The Hall–Kier alpha value is -0.830. The first-order valence-corrected chi connectivity index (χ1v) is 9.58. The molecule has 0 heterocycles. The largest absolute Gasteiger partial charge is 0.511 e. The standard InChI is InChI=1S/C15H24F3NO4S/c1-14(2,3)13(20)23-12-10-6-4-5-9(7-10)11(12)8-19-24(21,22)15(16,17)18/h9-12,19H,4-8H2,1-3H3. The highest BCUT2D eigenvalue weighted by Crippen LogP contribution is 2.48. The van der Waals surface area contributed by atoms with Crippen LogP contribution in [0.4, 0.5) is 13.2 Å².